The van der Waals surface area contributed by atoms with Crippen molar-refractivity contribution in [2.24, 2.45) is 0 Å². The van der Waals surface area contributed by atoms with E-state index in [9.17, 15) is 9.50 Å². The minimum Gasteiger partial charge on any atom is -0.441 e. The summed E-state index contributed by atoms with van der Waals surface area (Å²) >= 11 is 0. The molecule has 0 aliphatic heterocycles. The third kappa shape index (κ3) is 2.30. The standard InChI is InChI=1S/C16H14FNO2/c1-10-5-4-6-11(16(10)17)13(19)9-15-18-12-7-2-3-8-14(12)20-15/h2-8,13,19H,9H2,1H3. The van der Waals surface area contributed by atoms with Crippen LogP contribution in [0.3, 0.4) is 0 Å². The molecule has 2 aromatic carbocycles. The number of aryl methyl sites for hydroxylation is 1. The summed E-state index contributed by atoms with van der Waals surface area (Å²) in [6.07, 6.45) is -0.822. The highest BCUT2D eigenvalue weighted by Gasteiger charge is 2.17. The zero-order valence-electron chi connectivity index (χ0n) is 11.0. The molecule has 0 radical (unpaired) electrons. The quantitative estimate of drug-likeness (QED) is 0.792. The third-order valence-corrected chi connectivity index (χ3v) is 3.29. The number of benzene rings is 2. The van der Waals surface area contributed by atoms with Gasteiger partial charge in [0.1, 0.15) is 11.3 Å². The zero-order chi connectivity index (χ0) is 14.1. The Morgan fingerprint density at radius 2 is 2.00 bits per heavy atom. The number of hydrogen-bond acceptors (Lipinski definition) is 3. The van der Waals surface area contributed by atoms with Crippen LogP contribution in [0.2, 0.25) is 0 Å². The summed E-state index contributed by atoms with van der Waals surface area (Å²) in [5.41, 5.74) is 2.19. The average Bonchev–Trinajstić information content (AvgIpc) is 2.83. The van der Waals surface area contributed by atoms with E-state index in [1.165, 1.54) is 0 Å². The second-order valence-electron chi connectivity index (χ2n) is 4.77. The summed E-state index contributed by atoms with van der Waals surface area (Å²) in [6, 6.07) is 12.3. The lowest BCUT2D eigenvalue weighted by atomic mass is 10.0. The van der Waals surface area contributed by atoms with E-state index < -0.39 is 6.10 Å². The second-order valence-corrected chi connectivity index (χ2v) is 4.77. The maximum Gasteiger partial charge on any atom is 0.198 e. The number of aromatic nitrogens is 1. The van der Waals surface area contributed by atoms with Crippen LogP contribution in [0.5, 0.6) is 0 Å². The number of oxazole rings is 1. The Hall–Kier alpha value is -2.20. The van der Waals surface area contributed by atoms with Crippen molar-refractivity contribution in [1.29, 1.82) is 0 Å². The van der Waals surface area contributed by atoms with Gasteiger partial charge in [0.15, 0.2) is 11.5 Å². The molecule has 0 bridgehead atoms. The molecule has 0 fully saturated rings. The van der Waals surface area contributed by atoms with Crippen LogP contribution >= 0.6 is 0 Å². The maximum atomic E-state index is 13.9. The molecule has 3 nitrogen and oxygen atoms in total. The number of para-hydroxylation sites is 2. The van der Waals surface area contributed by atoms with E-state index in [2.05, 4.69) is 4.98 Å². The van der Waals surface area contributed by atoms with Gasteiger partial charge in [-0.3, -0.25) is 0 Å². The molecular weight excluding hydrogens is 257 g/mol. The summed E-state index contributed by atoms with van der Waals surface area (Å²) in [6.45, 7) is 1.67. The second kappa shape index (κ2) is 5.06. The van der Waals surface area contributed by atoms with Gasteiger partial charge in [-0.05, 0) is 24.6 Å². The van der Waals surface area contributed by atoms with Gasteiger partial charge in [0.25, 0.3) is 0 Å². The highest BCUT2D eigenvalue weighted by atomic mass is 19.1. The summed E-state index contributed by atoms with van der Waals surface area (Å²) in [5, 5.41) is 10.2. The van der Waals surface area contributed by atoms with Crippen LogP contribution in [0.1, 0.15) is 23.1 Å². The number of rotatable bonds is 3. The number of fused-ring (bicyclic) bond motifs is 1. The molecule has 0 aliphatic rings. The van der Waals surface area contributed by atoms with Crippen molar-refractivity contribution in [1.82, 2.24) is 4.98 Å². The number of aliphatic hydroxyl groups excluding tert-OH is 1. The van der Waals surface area contributed by atoms with Gasteiger partial charge in [0.2, 0.25) is 0 Å². The molecule has 0 amide bonds. The monoisotopic (exact) mass is 271 g/mol. The Morgan fingerprint density at radius 1 is 1.20 bits per heavy atom. The summed E-state index contributed by atoms with van der Waals surface area (Å²) in [7, 11) is 0. The molecule has 1 heterocycles. The van der Waals surface area contributed by atoms with Gasteiger partial charge < -0.3 is 9.52 Å². The van der Waals surface area contributed by atoms with Crippen molar-refractivity contribution in [3.8, 4) is 0 Å². The third-order valence-electron chi connectivity index (χ3n) is 3.29. The first kappa shape index (κ1) is 12.8. The minimum atomic E-state index is -0.969. The van der Waals surface area contributed by atoms with Crippen LogP contribution in [0.25, 0.3) is 11.1 Å². The maximum absolute atomic E-state index is 13.9. The molecule has 4 heteroatoms. The predicted octanol–water partition coefficient (Wildman–Crippen LogP) is 3.55. The summed E-state index contributed by atoms with van der Waals surface area (Å²) < 4.78 is 19.5. The first-order valence-corrected chi connectivity index (χ1v) is 6.42. The molecule has 0 saturated carbocycles. The molecule has 1 N–H and O–H groups in total. The van der Waals surface area contributed by atoms with Crippen molar-refractivity contribution in [3.05, 3.63) is 65.3 Å². The SMILES string of the molecule is Cc1cccc(C(O)Cc2nc3ccccc3o2)c1F. The zero-order valence-corrected chi connectivity index (χ0v) is 11.0. The number of aliphatic hydroxyl groups is 1. The lowest BCUT2D eigenvalue weighted by Gasteiger charge is -2.11. The Balaban J connectivity index is 1.88. The number of halogens is 1. The van der Waals surface area contributed by atoms with E-state index in [4.69, 9.17) is 4.42 Å². The molecule has 3 aromatic rings. The summed E-state index contributed by atoms with van der Waals surface area (Å²) in [5.74, 6) is 0.0238. The van der Waals surface area contributed by atoms with E-state index in [1.807, 2.05) is 24.3 Å². The topological polar surface area (TPSA) is 46.3 Å². The lowest BCUT2D eigenvalue weighted by molar-refractivity contribution is 0.164. The fourth-order valence-corrected chi connectivity index (χ4v) is 2.21. The van der Waals surface area contributed by atoms with Crippen molar-refractivity contribution < 1.29 is 13.9 Å². The van der Waals surface area contributed by atoms with Crippen molar-refractivity contribution in [2.75, 3.05) is 0 Å². The molecule has 3 rings (SSSR count). The largest absolute Gasteiger partial charge is 0.441 e. The van der Waals surface area contributed by atoms with E-state index in [0.29, 0.717) is 17.0 Å². The number of nitrogens with zero attached hydrogens (tertiary/aromatic N) is 1. The Labute approximate surface area is 115 Å². The molecule has 1 unspecified atom stereocenters. The Kier molecular flexibility index (Phi) is 3.24. The van der Waals surface area contributed by atoms with Crippen molar-refractivity contribution in [2.45, 2.75) is 19.4 Å². The van der Waals surface area contributed by atoms with Gasteiger partial charge >= 0.3 is 0 Å². The fourth-order valence-electron chi connectivity index (χ4n) is 2.21. The first-order valence-electron chi connectivity index (χ1n) is 6.42. The van der Waals surface area contributed by atoms with E-state index in [-0.39, 0.29) is 17.8 Å². The smallest absolute Gasteiger partial charge is 0.198 e. The minimum absolute atomic E-state index is 0.148. The Bertz CT molecular complexity index is 718. The molecule has 102 valence electrons. The van der Waals surface area contributed by atoms with Crippen LogP contribution in [0, 0.1) is 12.7 Å². The van der Waals surface area contributed by atoms with Gasteiger partial charge in [-0.15, -0.1) is 0 Å². The van der Waals surface area contributed by atoms with Crippen LogP contribution in [-0.2, 0) is 6.42 Å². The van der Waals surface area contributed by atoms with E-state index in [1.54, 1.807) is 25.1 Å². The highest BCUT2D eigenvalue weighted by Crippen LogP contribution is 2.24. The molecule has 1 atom stereocenters. The van der Waals surface area contributed by atoms with Gasteiger partial charge in [-0.1, -0.05) is 30.3 Å². The normalized spacial score (nSPS) is 12.8. The lowest BCUT2D eigenvalue weighted by Crippen LogP contribution is -2.05. The molecular formula is C16H14FNO2. The molecule has 1 aromatic heterocycles. The average molecular weight is 271 g/mol. The highest BCUT2D eigenvalue weighted by molar-refractivity contribution is 5.72. The summed E-state index contributed by atoms with van der Waals surface area (Å²) in [4.78, 5) is 4.28. The number of hydrogen-bond donors (Lipinski definition) is 1. The molecule has 0 spiro atoms. The van der Waals surface area contributed by atoms with Crippen LogP contribution in [0.15, 0.2) is 46.9 Å². The Morgan fingerprint density at radius 3 is 2.80 bits per heavy atom. The van der Waals surface area contributed by atoms with Crippen LogP contribution < -0.4 is 0 Å². The van der Waals surface area contributed by atoms with Gasteiger partial charge in [-0.2, -0.15) is 0 Å². The van der Waals surface area contributed by atoms with Crippen LogP contribution in [0.4, 0.5) is 4.39 Å². The van der Waals surface area contributed by atoms with Crippen molar-refractivity contribution in [3.63, 3.8) is 0 Å². The van der Waals surface area contributed by atoms with Gasteiger partial charge in [-0.25, -0.2) is 9.37 Å². The van der Waals surface area contributed by atoms with Gasteiger partial charge in [0, 0.05) is 5.56 Å². The molecule has 20 heavy (non-hydrogen) atoms. The van der Waals surface area contributed by atoms with Crippen molar-refractivity contribution >= 4 is 11.1 Å². The molecule has 0 saturated heterocycles. The van der Waals surface area contributed by atoms with E-state index >= 15 is 0 Å². The first-order chi connectivity index (χ1) is 9.65. The van der Waals surface area contributed by atoms with Gasteiger partial charge in [0.05, 0.1) is 12.5 Å². The fraction of sp³-hybridized carbons (Fsp3) is 0.188. The van der Waals surface area contributed by atoms with Crippen LogP contribution in [-0.4, -0.2) is 10.1 Å². The van der Waals surface area contributed by atoms with E-state index in [0.717, 1.165) is 5.52 Å². The predicted molar refractivity (Wildman–Crippen MR) is 73.8 cm³/mol. The molecule has 0 aliphatic carbocycles.